The number of nitrogens with zero attached hydrogens (tertiary/aromatic N) is 1. The average molecular weight is 342 g/mol. The number of aryl methyl sites for hydroxylation is 1. The van der Waals surface area contributed by atoms with Crippen LogP contribution in [0.2, 0.25) is 0 Å². The molecule has 4 rings (SSSR count). The zero-order valence-electron chi connectivity index (χ0n) is 13.6. The molecule has 0 aromatic heterocycles. The summed E-state index contributed by atoms with van der Waals surface area (Å²) in [5.74, 6) is 0.501. The first-order valence-electron chi connectivity index (χ1n) is 8.50. The minimum absolute atomic E-state index is 0.251. The zero-order valence-corrected chi connectivity index (χ0v) is 14.4. The molecule has 126 valence electrons. The van der Waals surface area contributed by atoms with Crippen LogP contribution in [-0.2, 0) is 16.3 Å². The molecule has 1 saturated heterocycles. The number of anilines is 2. The van der Waals surface area contributed by atoms with Gasteiger partial charge >= 0.3 is 0 Å². The van der Waals surface area contributed by atoms with Crippen molar-refractivity contribution in [3.8, 4) is 0 Å². The Morgan fingerprint density at radius 3 is 2.62 bits per heavy atom. The molecule has 0 radical (unpaired) electrons. The molecule has 1 N–H and O–H groups in total. The van der Waals surface area contributed by atoms with Crippen molar-refractivity contribution in [2.75, 3.05) is 34.8 Å². The fraction of sp³-hybridized carbons (Fsp3) is 0.368. The van der Waals surface area contributed by atoms with E-state index in [1.54, 1.807) is 0 Å². The van der Waals surface area contributed by atoms with Crippen LogP contribution < -0.4 is 10.2 Å². The zero-order chi connectivity index (χ0) is 16.6. The van der Waals surface area contributed by atoms with E-state index in [0.717, 1.165) is 24.2 Å². The monoisotopic (exact) mass is 342 g/mol. The standard InChI is InChI=1S/C19H22N2O2S/c22-24(23)12-10-21(11-13-24)17-6-3-5-16(14-17)20-19-9-8-15-4-1-2-7-18(15)19/h1-7,14,19-20H,8-13H2. The third-order valence-corrected chi connectivity index (χ3v) is 6.64. The number of nitrogens with one attached hydrogen (secondary N) is 1. The van der Waals surface area contributed by atoms with Crippen LogP contribution in [0.25, 0.3) is 0 Å². The first-order chi connectivity index (χ1) is 11.6. The highest BCUT2D eigenvalue weighted by atomic mass is 32.2. The number of sulfone groups is 1. The predicted octanol–water partition coefficient (Wildman–Crippen LogP) is 3.02. The van der Waals surface area contributed by atoms with E-state index < -0.39 is 9.84 Å². The Hall–Kier alpha value is -2.01. The maximum atomic E-state index is 11.6. The summed E-state index contributed by atoms with van der Waals surface area (Å²) in [5.41, 5.74) is 5.03. The molecule has 0 amide bonds. The molecule has 2 aromatic rings. The van der Waals surface area contributed by atoms with Crippen LogP contribution in [0.4, 0.5) is 11.4 Å². The Balaban J connectivity index is 1.50. The number of hydrogen-bond acceptors (Lipinski definition) is 4. The number of fused-ring (bicyclic) bond motifs is 1. The van der Waals surface area contributed by atoms with Gasteiger partial charge in [0.05, 0.1) is 17.5 Å². The van der Waals surface area contributed by atoms with E-state index in [1.807, 2.05) is 6.07 Å². The second kappa shape index (κ2) is 6.13. The van der Waals surface area contributed by atoms with Gasteiger partial charge in [-0.15, -0.1) is 0 Å². The third-order valence-electron chi connectivity index (χ3n) is 5.03. The van der Waals surface area contributed by atoms with Crippen molar-refractivity contribution in [2.45, 2.75) is 18.9 Å². The Morgan fingerprint density at radius 1 is 1.00 bits per heavy atom. The van der Waals surface area contributed by atoms with Crippen LogP contribution in [0.1, 0.15) is 23.6 Å². The van der Waals surface area contributed by atoms with Gasteiger partial charge in [-0.3, -0.25) is 0 Å². The number of rotatable bonds is 3. The summed E-state index contributed by atoms with van der Waals surface area (Å²) in [5, 5.41) is 3.65. The van der Waals surface area contributed by atoms with Crippen molar-refractivity contribution in [3.05, 3.63) is 59.7 Å². The molecule has 5 heteroatoms. The first-order valence-corrected chi connectivity index (χ1v) is 10.3. The second-order valence-electron chi connectivity index (χ2n) is 6.62. The highest BCUT2D eigenvalue weighted by Crippen LogP contribution is 2.34. The molecule has 1 atom stereocenters. The van der Waals surface area contributed by atoms with Crippen molar-refractivity contribution < 1.29 is 8.42 Å². The topological polar surface area (TPSA) is 49.4 Å². The van der Waals surface area contributed by atoms with Crippen molar-refractivity contribution in [3.63, 3.8) is 0 Å². The van der Waals surface area contributed by atoms with E-state index in [1.165, 1.54) is 11.1 Å². The molecule has 1 unspecified atom stereocenters. The van der Waals surface area contributed by atoms with Crippen LogP contribution in [0.3, 0.4) is 0 Å². The number of benzene rings is 2. The maximum absolute atomic E-state index is 11.6. The smallest absolute Gasteiger partial charge is 0.153 e. The molecule has 2 aliphatic rings. The molecule has 4 nitrogen and oxygen atoms in total. The highest BCUT2D eigenvalue weighted by molar-refractivity contribution is 7.91. The summed E-state index contributed by atoms with van der Waals surface area (Å²) < 4.78 is 23.2. The lowest BCUT2D eigenvalue weighted by atomic mass is 10.1. The Labute approximate surface area is 143 Å². The molecule has 0 spiro atoms. The van der Waals surface area contributed by atoms with Gasteiger partial charge in [-0.05, 0) is 42.2 Å². The third kappa shape index (κ3) is 3.13. The van der Waals surface area contributed by atoms with Crippen LogP contribution in [0.5, 0.6) is 0 Å². The lowest BCUT2D eigenvalue weighted by molar-refractivity contribution is 0.587. The Morgan fingerprint density at radius 2 is 1.79 bits per heavy atom. The van der Waals surface area contributed by atoms with Crippen molar-refractivity contribution in [1.29, 1.82) is 0 Å². The van der Waals surface area contributed by atoms with E-state index in [4.69, 9.17) is 0 Å². The first kappa shape index (κ1) is 15.5. The fourth-order valence-corrected chi connectivity index (χ4v) is 4.87. The van der Waals surface area contributed by atoms with E-state index in [2.05, 4.69) is 52.7 Å². The molecule has 1 fully saturated rings. The van der Waals surface area contributed by atoms with Crippen molar-refractivity contribution in [2.24, 2.45) is 0 Å². The van der Waals surface area contributed by atoms with Crippen LogP contribution in [-0.4, -0.2) is 33.0 Å². The van der Waals surface area contributed by atoms with Crippen molar-refractivity contribution >= 4 is 21.2 Å². The Bertz CT molecular complexity index is 834. The summed E-state index contributed by atoms with van der Waals surface area (Å²) in [6, 6.07) is 17.3. The van der Waals surface area contributed by atoms with Crippen LogP contribution >= 0.6 is 0 Å². The quantitative estimate of drug-likeness (QED) is 0.931. The lowest BCUT2D eigenvalue weighted by Crippen LogP contribution is -2.40. The van der Waals surface area contributed by atoms with Gasteiger partial charge in [0.2, 0.25) is 0 Å². The van der Waals surface area contributed by atoms with Gasteiger partial charge in [0.25, 0.3) is 0 Å². The second-order valence-corrected chi connectivity index (χ2v) is 8.93. The largest absolute Gasteiger partial charge is 0.378 e. The van der Waals surface area contributed by atoms with Gasteiger partial charge in [-0.25, -0.2) is 8.42 Å². The minimum Gasteiger partial charge on any atom is -0.378 e. The SMILES string of the molecule is O=S1(=O)CCN(c2cccc(NC3CCc4ccccc43)c2)CC1. The summed E-state index contributed by atoms with van der Waals surface area (Å²) in [6.07, 6.45) is 2.24. The molecular formula is C19H22N2O2S. The van der Waals surface area contributed by atoms with Gasteiger partial charge in [0, 0.05) is 24.5 Å². The van der Waals surface area contributed by atoms with Crippen molar-refractivity contribution in [1.82, 2.24) is 0 Å². The summed E-state index contributed by atoms with van der Waals surface area (Å²) in [4.78, 5) is 2.16. The minimum atomic E-state index is -2.84. The molecule has 1 aliphatic carbocycles. The van der Waals surface area contributed by atoms with E-state index in [9.17, 15) is 8.42 Å². The average Bonchev–Trinajstić information content (AvgIpc) is 2.98. The molecule has 2 aromatic carbocycles. The van der Waals surface area contributed by atoms with Gasteiger partial charge in [-0.1, -0.05) is 30.3 Å². The van der Waals surface area contributed by atoms with Gasteiger partial charge < -0.3 is 10.2 Å². The number of hydrogen-bond donors (Lipinski definition) is 1. The molecule has 0 bridgehead atoms. The molecule has 24 heavy (non-hydrogen) atoms. The molecule has 1 heterocycles. The van der Waals surface area contributed by atoms with E-state index in [0.29, 0.717) is 19.1 Å². The normalized spacial score (nSPS) is 22.2. The summed E-state index contributed by atoms with van der Waals surface area (Å²) in [7, 11) is -2.84. The molecule has 1 aliphatic heterocycles. The van der Waals surface area contributed by atoms with Gasteiger partial charge in [0.1, 0.15) is 0 Å². The molecule has 0 saturated carbocycles. The lowest BCUT2D eigenvalue weighted by Gasteiger charge is -2.29. The van der Waals surface area contributed by atoms with E-state index >= 15 is 0 Å². The van der Waals surface area contributed by atoms with Gasteiger partial charge in [0.15, 0.2) is 9.84 Å². The Kier molecular flexibility index (Phi) is 3.96. The molecular weight excluding hydrogens is 320 g/mol. The van der Waals surface area contributed by atoms with Gasteiger partial charge in [-0.2, -0.15) is 0 Å². The predicted molar refractivity (Wildman–Crippen MR) is 98.4 cm³/mol. The van der Waals surface area contributed by atoms with Crippen LogP contribution in [0, 0.1) is 0 Å². The highest BCUT2D eigenvalue weighted by Gasteiger charge is 2.23. The van der Waals surface area contributed by atoms with E-state index in [-0.39, 0.29) is 11.5 Å². The summed E-state index contributed by atoms with van der Waals surface area (Å²) >= 11 is 0. The summed E-state index contributed by atoms with van der Waals surface area (Å²) in [6.45, 7) is 1.16. The fourth-order valence-electron chi connectivity index (χ4n) is 3.67. The van der Waals surface area contributed by atoms with Crippen LogP contribution in [0.15, 0.2) is 48.5 Å². The maximum Gasteiger partial charge on any atom is 0.153 e.